The molecule has 0 spiro atoms. The van der Waals surface area contributed by atoms with E-state index in [1.807, 2.05) is 0 Å². The standard InChI is InChI=1S/C16H22ClN3O/c17-12-6-7-14(13(18)9-12)19-16(21)10-20-8-2-4-11-3-1-5-15(11)20/h6-7,9,11,15H,1-5,8,10,18H2,(H,19,21). The monoisotopic (exact) mass is 307 g/mol. The van der Waals surface area contributed by atoms with Crippen molar-refractivity contribution in [1.82, 2.24) is 4.90 Å². The van der Waals surface area contributed by atoms with Crippen LogP contribution in [0.4, 0.5) is 11.4 Å². The van der Waals surface area contributed by atoms with E-state index < -0.39 is 0 Å². The van der Waals surface area contributed by atoms with Gasteiger partial charge in [-0.1, -0.05) is 18.0 Å². The zero-order chi connectivity index (χ0) is 14.8. The van der Waals surface area contributed by atoms with Crippen LogP contribution in [0.1, 0.15) is 32.1 Å². The third-order valence-corrected chi connectivity index (χ3v) is 4.98. The van der Waals surface area contributed by atoms with Crippen molar-refractivity contribution in [3.63, 3.8) is 0 Å². The lowest BCUT2D eigenvalue weighted by molar-refractivity contribution is -0.118. The fourth-order valence-corrected chi connectivity index (χ4v) is 3.96. The molecule has 1 aromatic rings. The van der Waals surface area contributed by atoms with Gasteiger partial charge in [-0.05, 0) is 56.3 Å². The molecule has 1 saturated carbocycles. The molecule has 21 heavy (non-hydrogen) atoms. The van der Waals surface area contributed by atoms with Crippen LogP contribution < -0.4 is 11.1 Å². The van der Waals surface area contributed by atoms with E-state index in [0.29, 0.717) is 29.0 Å². The Balaban J connectivity index is 1.61. The van der Waals surface area contributed by atoms with Gasteiger partial charge in [0.15, 0.2) is 0 Å². The molecule has 3 N–H and O–H groups in total. The Morgan fingerprint density at radius 1 is 1.33 bits per heavy atom. The van der Waals surface area contributed by atoms with Gasteiger partial charge < -0.3 is 11.1 Å². The molecule has 2 fully saturated rings. The van der Waals surface area contributed by atoms with Gasteiger partial charge in [-0.3, -0.25) is 9.69 Å². The average Bonchev–Trinajstić information content (AvgIpc) is 2.91. The number of nitrogen functional groups attached to an aromatic ring is 1. The Labute approximate surface area is 130 Å². The lowest BCUT2D eigenvalue weighted by atomic mass is 9.92. The fourth-order valence-electron chi connectivity index (χ4n) is 3.78. The van der Waals surface area contributed by atoms with E-state index in [9.17, 15) is 4.79 Å². The number of fused-ring (bicyclic) bond motifs is 1. The molecular formula is C16H22ClN3O. The zero-order valence-electron chi connectivity index (χ0n) is 12.1. The largest absolute Gasteiger partial charge is 0.397 e. The summed E-state index contributed by atoms with van der Waals surface area (Å²) in [5, 5.41) is 3.48. The van der Waals surface area contributed by atoms with E-state index in [-0.39, 0.29) is 5.91 Å². The molecule has 1 aliphatic carbocycles. The molecule has 0 radical (unpaired) electrons. The number of rotatable bonds is 3. The summed E-state index contributed by atoms with van der Waals surface area (Å²) in [6, 6.07) is 5.75. The van der Waals surface area contributed by atoms with E-state index in [1.165, 1.54) is 32.1 Å². The number of nitrogens with two attached hydrogens (primary N) is 1. The molecule has 1 heterocycles. The summed E-state index contributed by atoms with van der Waals surface area (Å²) < 4.78 is 0. The average molecular weight is 308 g/mol. The Bertz CT molecular complexity index is 534. The van der Waals surface area contributed by atoms with Crippen molar-refractivity contribution in [2.24, 2.45) is 5.92 Å². The van der Waals surface area contributed by atoms with Crippen molar-refractivity contribution in [2.75, 3.05) is 24.1 Å². The van der Waals surface area contributed by atoms with Gasteiger partial charge >= 0.3 is 0 Å². The van der Waals surface area contributed by atoms with Gasteiger partial charge in [0.05, 0.1) is 17.9 Å². The number of amides is 1. The lowest BCUT2D eigenvalue weighted by Crippen LogP contribution is -2.46. The third kappa shape index (κ3) is 3.33. The molecule has 0 aromatic heterocycles. The Kier molecular flexibility index (Phi) is 4.36. The number of hydrogen-bond donors (Lipinski definition) is 2. The van der Waals surface area contributed by atoms with E-state index in [4.69, 9.17) is 17.3 Å². The quantitative estimate of drug-likeness (QED) is 0.844. The van der Waals surface area contributed by atoms with E-state index in [2.05, 4.69) is 10.2 Å². The van der Waals surface area contributed by atoms with Gasteiger partial charge in [0, 0.05) is 11.1 Å². The highest BCUT2D eigenvalue weighted by Crippen LogP contribution is 2.36. The van der Waals surface area contributed by atoms with Crippen LogP contribution in [0.3, 0.4) is 0 Å². The first-order valence-corrected chi connectivity index (χ1v) is 8.10. The van der Waals surface area contributed by atoms with Gasteiger partial charge in [0.2, 0.25) is 5.91 Å². The minimum atomic E-state index is 0.0107. The maximum atomic E-state index is 12.3. The number of carbonyl (C=O) groups is 1. The molecule has 1 aliphatic heterocycles. The Morgan fingerprint density at radius 3 is 2.95 bits per heavy atom. The van der Waals surface area contributed by atoms with Crippen LogP contribution in [0, 0.1) is 5.92 Å². The first-order chi connectivity index (χ1) is 10.1. The summed E-state index contributed by atoms with van der Waals surface area (Å²) in [5.41, 5.74) is 7.03. The minimum absolute atomic E-state index is 0.0107. The SMILES string of the molecule is Nc1cc(Cl)ccc1NC(=O)CN1CCCC2CCCC21. The maximum Gasteiger partial charge on any atom is 0.238 e. The van der Waals surface area contributed by atoms with E-state index in [1.54, 1.807) is 18.2 Å². The topological polar surface area (TPSA) is 58.4 Å². The molecule has 2 atom stereocenters. The molecule has 1 aromatic carbocycles. The molecule has 2 aliphatic rings. The normalized spacial score (nSPS) is 25.6. The van der Waals surface area contributed by atoms with Crippen LogP contribution in [0.15, 0.2) is 18.2 Å². The molecular weight excluding hydrogens is 286 g/mol. The van der Waals surface area contributed by atoms with E-state index >= 15 is 0 Å². The smallest absolute Gasteiger partial charge is 0.238 e. The predicted octanol–water partition coefficient (Wildman–Crippen LogP) is 3.13. The van der Waals surface area contributed by atoms with Crippen LogP contribution in [0.5, 0.6) is 0 Å². The number of halogens is 1. The maximum absolute atomic E-state index is 12.3. The van der Waals surface area contributed by atoms with E-state index in [0.717, 1.165) is 12.5 Å². The first-order valence-electron chi connectivity index (χ1n) is 7.72. The summed E-state index contributed by atoms with van der Waals surface area (Å²) in [6.45, 7) is 1.49. The predicted molar refractivity (Wildman–Crippen MR) is 86.4 cm³/mol. The van der Waals surface area contributed by atoms with Gasteiger partial charge in [0.1, 0.15) is 0 Å². The summed E-state index contributed by atoms with van der Waals surface area (Å²) in [4.78, 5) is 14.6. The number of likely N-dealkylation sites (tertiary alicyclic amines) is 1. The van der Waals surface area contributed by atoms with Crippen molar-refractivity contribution in [3.8, 4) is 0 Å². The highest BCUT2D eigenvalue weighted by Gasteiger charge is 2.35. The lowest BCUT2D eigenvalue weighted by Gasteiger charge is -2.37. The highest BCUT2D eigenvalue weighted by atomic mass is 35.5. The second-order valence-electron chi connectivity index (χ2n) is 6.15. The van der Waals surface area contributed by atoms with Crippen LogP contribution in [0.25, 0.3) is 0 Å². The summed E-state index contributed by atoms with van der Waals surface area (Å²) in [7, 11) is 0. The van der Waals surface area contributed by atoms with Gasteiger partial charge in [-0.25, -0.2) is 0 Å². The molecule has 4 nitrogen and oxygen atoms in total. The number of benzene rings is 1. The van der Waals surface area contributed by atoms with Crippen molar-refractivity contribution in [1.29, 1.82) is 0 Å². The van der Waals surface area contributed by atoms with Crippen molar-refractivity contribution >= 4 is 28.9 Å². The second kappa shape index (κ2) is 6.24. The summed E-state index contributed by atoms with van der Waals surface area (Å²) in [5.74, 6) is 0.809. The summed E-state index contributed by atoms with van der Waals surface area (Å²) in [6.07, 6.45) is 6.40. The fraction of sp³-hybridized carbons (Fsp3) is 0.562. The van der Waals surface area contributed by atoms with Crippen LogP contribution in [-0.4, -0.2) is 29.9 Å². The highest BCUT2D eigenvalue weighted by molar-refractivity contribution is 6.31. The third-order valence-electron chi connectivity index (χ3n) is 4.74. The number of nitrogens with zero attached hydrogens (tertiary/aromatic N) is 1. The number of carbonyl (C=O) groups excluding carboxylic acids is 1. The van der Waals surface area contributed by atoms with Crippen LogP contribution >= 0.6 is 11.6 Å². The molecule has 3 rings (SSSR count). The molecule has 114 valence electrons. The number of piperidine rings is 1. The zero-order valence-corrected chi connectivity index (χ0v) is 12.9. The number of nitrogens with one attached hydrogen (secondary N) is 1. The van der Waals surface area contributed by atoms with Gasteiger partial charge in [0.25, 0.3) is 0 Å². The van der Waals surface area contributed by atoms with Crippen molar-refractivity contribution < 1.29 is 4.79 Å². The van der Waals surface area contributed by atoms with Crippen LogP contribution in [0.2, 0.25) is 5.02 Å². The molecule has 2 unspecified atom stereocenters. The Hall–Kier alpha value is -1.26. The first kappa shape index (κ1) is 14.7. The van der Waals surface area contributed by atoms with Crippen molar-refractivity contribution in [3.05, 3.63) is 23.2 Å². The van der Waals surface area contributed by atoms with Gasteiger partial charge in [-0.2, -0.15) is 0 Å². The number of anilines is 2. The van der Waals surface area contributed by atoms with Crippen LogP contribution in [-0.2, 0) is 4.79 Å². The summed E-state index contributed by atoms with van der Waals surface area (Å²) >= 11 is 5.87. The molecule has 1 saturated heterocycles. The molecule has 1 amide bonds. The minimum Gasteiger partial charge on any atom is -0.397 e. The van der Waals surface area contributed by atoms with Gasteiger partial charge in [-0.15, -0.1) is 0 Å². The molecule has 5 heteroatoms. The number of hydrogen-bond acceptors (Lipinski definition) is 3. The molecule has 0 bridgehead atoms. The van der Waals surface area contributed by atoms with Crippen molar-refractivity contribution in [2.45, 2.75) is 38.1 Å². The second-order valence-corrected chi connectivity index (χ2v) is 6.59. The Morgan fingerprint density at radius 2 is 2.14 bits per heavy atom.